The van der Waals surface area contributed by atoms with Crippen LogP contribution in [0.25, 0.3) is 0 Å². The predicted molar refractivity (Wildman–Crippen MR) is 107 cm³/mol. The number of rotatable bonds is 6. The Morgan fingerprint density at radius 1 is 1.27 bits per heavy atom. The molecule has 0 saturated carbocycles. The maximum absolute atomic E-state index is 13.1. The molecule has 1 saturated heterocycles. The topological polar surface area (TPSA) is 136 Å². The predicted octanol–water partition coefficient (Wildman–Crippen LogP) is 2.23. The van der Waals surface area contributed by atoms with E-state index >= 15 is 0 Å². The number of non-ortho nitro benzene ring substituents is 1. The van der Waals surface area contributed by atoms with Gasteiger partial charge in [0.05, 0.1) is 16.9 Å². The molecule has 2 aromatic rings. The van der Waals surface area contributed by atoms with Gasteiger partial charge in [0.2, 0.25) is 11.8 Å². The summed E-state index contributed by atoms with van der Waals surface area (Å²) in [4.78, 5) is 35.3. The van der Waals surface area contributed by atoms with E-state index in [4.69, 9.17) is 4.74 Å². The Hall–Kier alpha value is -3.47. The summed E-state index contributed by atoms with van der Waals surface area (Å²) in [6.07, 6.45) is -0.102. The molecule has 10 nitrogen and oxygen atoms in total. The van der Waals surface area contributed by atoms with E-state index in [0.29, 0.717) is 15.6 Å². The van der Waals surface area contributed by atoms with Gasteiger partial charge >= 0.3 is 0 Å². The fourth-order valence-corrected chi connectivity index (χ4v) is 4.94. The molecule has 0 unspecified atom stereocenters. The fourth-order valence-electron chi connectivity index (χ4n) is 3.25. The number of nitro groups is 1. The van der Waals surface area contributed by atoms with Crippen molar-refractivity contribution in [2.75, 3.05) is 12.4 Å². The van der Waals surface area contributed by atoms with E-state index in [9.17, 15) is 28.1 Å². The van der Waals surface area contributed by atoms with Crippen LogP contribution in [0.3, 0.4) is 0 Å². The molecule has 3 rings (SSSR count). The molecule has 30 heavy (non-hydrogen) atoms. The van der Waals surface area contributed by atoms with E-state index in [-0.39, 0.29) is 29.1 Å². The molecular weight excluding hydrogens is 414 g/mol. The fraction of sp³-hybridized carbons (Fsp3) is 0.263. The molecule has 1 fully saturated rings. The molecule has 0 radical (unpaired) electrons. The van der Waals surface area contributed by atoms with E-state index in [2.05, 4.69) is 5.32 Å². The van der Waals surface area contributed by atoms with Crippen LogP contribution in [0.4, 0.5) is 11.4 Å². The number of nitro benzene ring substituents is 1. The molecular formula is C19H19N3O7S. The molecule has 1 N–H and O–H groups in total. The van der Waals surface area contributed by atoms with Gasteiger partial charge in [0.1, 0.15) is 11.8 Å². The number of sulfonamides is 1. The number of aryl methyl sites for hydroxylation is 1. The van der Waals surface area contributed by atoms with E-state index in [1.165, 1.54) is 43.5 Å². The molecule has 0 aromatic heterocycles. The van der Waals surface area contributed by atoms with Crippen LogP contribution < -0.4 is 10.1 Å². The number of amides is 2. The number of ether oxygens (including phenoxy) is 1. The van der Waals surface area contributed by atoms with Gasteiger partial charge in [-0.1, -0.05) is 6.07 Å². The zero-order chi connectivity index (χ0) is 22.1. The van der Waals surface area contributed by atoms with Crippen LogP contribution in [0.1, 0.15) is 18.4 Å². The summed E-state index contributed by atoms with van der Waals surface area (Å²) in [7, 11) is -2.83. The van der Waals surface area contributed by atoms with Crippen molar-refractivity contribution in [3.63, 3.8) is 0 Å². The first-order chi connectivity index (χ1) is 14.1. The Kier molecular flexibility index (Phi) is 5.74. The maximum atomic E-state index is 13.1. The molecule has 2 aromatic carbocycles. The minimum absolute atomic E-state index is 0.00790. The molecule has 1 atom stereocenters. The quantitative estimate of drug-likeness (QED) is 0.545. The highest BCUT2D eigenvalue weighted by molar-refractivity contribution is 7.89. The van der Waals surface area contributed by atoms with Crippen LogP contribution in [0.15, 0.2) is 47.4 Å². The standard InChI is InChI=1S/C19H19N3O7S/c1-12-10-15(6-8-17(12)29-2)30(27,28)21-16(7-9-18(21)23)19(24)20-13-4-3-5-14(11-13)22(25)26/h3-6,8,10-11,16H,7,9H2,1-2H3,(H,20,24)/t16-/m1/s1. The minimum Gasteiger partial charge on any atom is -0.496 e. The molecule has 0 aliphatic carbocycles. The normalized spacial score (nSPS) is 16.4. The van der Waals surface area contributed by atoms with Gasteiger partial charge in [-0.15, -0.1) is 0 Å². The average molecular weight is 433 g/mol. The largest absolute Gasteiger partial charge is 0.496 e. The number of hydrogen-bond donors (Lipinski definition) is 1. The van der Waals surface area contributed by atoms with Crippen LogP contribution in [0.5, 0.6) is 5.75 Å². The van der Waals surface area contributed by atoms with E-state index < -0.39 is 32.8 Å². The minimum atomic E-state index is -4.28. The average Bonchev–Trinajstić information content (AvgIpc) is 3.10. The molecule has 1 aliphatic heterocycles. The van der Waals surface area contributed by atoms with Crippen molar-refractivity contribution >= 4 is 33.2 Å². The Labute approximate surface area is 172 Å². The number of nitrogens with one attached hydrogen (secondary N) is 1. The molecule has 0 bridgehead atoms. The van der Waals surface area contributed by atoms with Crippen LogP contribution in [0, 0.1) is 17.0 Å². The highest BCUT2D eigenvalue weighted by Crippen LogP contribution is 2.30. The summed E-state index contributed by atoms with van der Waals surface area (Å²) < 4.78 is 31.9. The number of benzene rings is 2. The molecule has 2 amide bonds. The zero-order valence-corrected chi connectivity index (χ0v) is 17.0. The van der Waals surface area contributed by atoms with Crippen LogP contribution in [-0.4, -0.2) is 42.6 Å². The Bertz CT molecular complexity index is 1130. The van der Waals surface area contributed by atoms with Crippen LogP contribution in [-0.2, 0) is 19.6 Å². The maximum Gasteiger partial charge on any atom is 0.271 e. The highest BCUT2D eigenvalue weighted by Gasteiger charge is 2.44. The second kappa shape index (κ2) is 8.11. The number of hydrogen-bond acceptors (Lipinski definition) is 7. The summed E-state index contributed by atoms with van der Waals surface area (Å²) >= 11 is 0. The smallest absolute Gasteiger partial charge is 0.271 e. The van der Waals surface area contributed by atoms with E-state index in [0.717, 1.165) is 6.07 Å². The lowest BCUT2D eigenvalue weighted by atomic mass is 10.2. The van der Waals surface area contributed by atoms with Gasteiger partial charge in [0.25, 0.3) is 15.7 Å². The third-order valence-electron chi connectivity index (χ3n) is 4.71. The molecule has 1 heterocycles. The highest BCUT2D eigenvalue weighted by atomic mass is 32.2. The second-order valence-electron chi connectivity index (χ2n) is 6.68. The number of anilines is 1. The summed E-state index contributed by atoms with van der Waals surface area (Å²) in [6, 6.07) is 8.13. The van der Waals surface area contributed by atoms with Crippen LogP contribution >= 0.6 is 0 Å². The van der Waals surface area contributed by atoms with Gasteiger partial charge in [0, 0.05) is 24.2 Å². The van der Waals surface area contributed by atoms with Crippen molar-refractivity contribution in [2.45, 2.75) is 30.7 Å². The molecule has 0 spiro atoms. The van der Waals surface area contributed by atoms with Gasteiger partial charge in [-0.2, -0.15) is 0 Å². The first-order valence-electron chi connectivity index (χ1n) is 8.92. The van der Waals surface area contributed by atoms with Crippen molar-refractivity contribution in [3.8, 4) is 5.75 Å². The first-order valence-corrected chi connectivity index (χ1v) is 10.4. The third kappa shape index (κ3) is 3.96. The van der Waals surface area contributed by atoms with Gasteiger partial charge in [-0.05, 0) is 43.2 Å². The second-order valence-corrected chi connectivity index (χ2v) is 8.49. The van der Waals surface area contributed by atoms with Crippen molar-refractivity contribution < 1.29 is 27.7 Å². The molecule has 1 aliphatic rings. The summed E-state index contributed by atoms with van der Waals surface area (Å²) in [6.45, 7) is 1.66. The monoisotopic (exact) mass is 433 g/mol. The van der Waals surface area contributed by atoms with Crippen molar-refractivity contribution in [1.82, 2.24) is 4.31 Å². The Morgan fingerprint density at radius 3 is 2.63 bits per heavy atom. The number of methoxy groups -OCH3 is 1. The number of nitrogens with zero attached hydrogens (tertiary/aromatic N) is 2. The lowest BCUT2D eigenvalue weighted by Crippen LogP contribution is -2.45. The summed E-state index contributed by atoms with van der Waals surface area (Å²) in [5.41, 5.74) is 0.461. The van der Waals surface area contributed by atoms with Crippen molar-refractivity contribution in [1.29, 1.82) is 0 Å². The molecule has 158 valence electrons. The summed E-state index contributed by atoms with van der Waals surface area (Å²) in [5, 5.41) is 13.4. The lowest BCUT2D eigenvalue weighted by molar-refractivity contribution is -0.384. The summed E-state index contributed by atoms with van der Waals surface area (Å²) in [5.74, 6) is -0.945. The van der Waals surface area contributed by atoms with Gasteiger partial charge < -0.3 is 10.1 Å². The lowest BCUT2D eigenvalue weighted by Gasteiger charge is -2.24. The van der Waals surface area contributed by atoms with Gasteiger partial charge in [-0.3, -0.25) is 19.7 Å². The number of carbonyl (C=O) groups excluding carboxylic acids is 2. The van der Waals surface area contributed by atoms with Crippen LogP contribution in [0.2, 0.25) is 0 Å². The van der Waals surface area contributed by atoms with Gasteiger partial charge in [0.15, 0.2) is 0 Å². The number of carbonyl (C=O) groups is 2. The molecule has 11 heteroatoms. The van der Waals surface area contributed by atoms with Crippen molar-refractivity contribution in [3.05, 3.63) is 58.1 Å². The van der Waals surface area contributed by atoms with Gasteiger partial charge in [-0.25, -0.2) is 12.7 Å². The SMILES string of the molecule is COc1ccc(S(=O)(=O)N2C(=O)CC[C@@H]2C(=O)Nc2cccc([N+](=O)[O-])c2)cc1C. The van der Waals surface area contributed by atoms with Crippen molar-refractivity contribution in [2.24, 2.45) is 0 Å². The Morgan fingerprint density at radius 2 is 2.00 bits per heavy atom. The first kappa shape index (κ1) is 21.2. The Balaban J connectivity index is 1.89. The third-order valence-corrected chi connectivity index (χ3v) is 6.54. The van der Waals surface area contributed by atoms with E-state index in [1.807, 2.05) is 0 Å². The zero-order valence-electron chi connectivity index (χ0n) is 16.2. The van der Waals surface area contributed by atoms with E-state index in [1.54, 1.807) is 6.92 Å².